The van der Waals surface area contributed by atoms with Crippen molar-refractivity contribution < 1.29 is 9.47 Å². The number of hydrogen-bond acceptors (Lipinski definition) is 3. The highest BCUT2D eigenvalue weighted by Crippen LogP contribution is 2.42. The lowest BCUT2D eigenvalue weighted by Crippen LogP contribution is -2.10. The number of nitrogens with two attached hydrogens (primary N) is 1. The average Bonchev–Trinajstić information content (AvgIpc) is 2.55. The van der Waals surface area contributed by atoms with Gasteiger partial charge in [-0.2, -0.15) is 0 Å². The maximum atomic E-state index is 5.77. The van der Waals surface area contributed by atoms with E-state index in [1.807, 2.05) is 6.07 Å². The van der Waals surface area contributed by atoms with E-state index in [0.717, 1.165) is 28.0 Å². The zero-order valence-corrected chi connectivity index (χ0v) is 10.9. The smallest absolute Gasteiger partial charge is 0.175 e. The van der Waals surface area contributed by atoms with E-state index < -0.39 is 0 Å². The average molecular weight is 286 g/mol. The van der Waals surface area contributed by atoms with Gasteiger partial charge in [0, 0.05) is 12.0 Å². The molecule has 0 bridgehead atoms. The monoisotopic (exact) mass is 285 g/mol. The Labute approximate surface area is 104 Å². The van der Waals surface area contributed by atoms with E-state index in [2.05, 4.69) is 28.9 Å². The summed E-state index contributed by atoms with van der Waals surface area (Å²) in [5.74, 6) is 1.95. The van der Waals surface area contributed by atoms with Gasteiger partial charge >= 0.3 is 0 Å². The summed E-state index contributed by atoms with van der Waals surface area (Å²) in [6, 6.07) is 4.05. The third kappa shape index (κ3) is 2.18. The molecule has 0 aliphatic carbocycles. The number of hydrogen-bond donors (Lipinski definition) is 1. The van der Waals surface area contributed by atoms with Crippen molar-refractivity contribution in [3.05, 3.63) is 22.2 Å². The van der Waals surface area contributed by atoms with E-state index in [-0.39, 0.29) is 5.92 Å². The van der Waals surface area contributed by atoms with Crippen molar-refractivity contribution >= 4 is 15.9 Å². The molecule has 1 heterocycles. The number of rotatable bonds is 2. The van der Waals surface area contributed by atoms with Crippen LogP contribution in [0.2, 0.25) is 0 Å². The van der Waals surface area contributed by atoms with Crippen LogP contribution in [0.25, 0.3) is 0 Å². The van der Waals surface area contributed by atoms with Gasteiger partial charge in [0.2, 0.25) is 0 Å². The molecule has 0 radical (unpaired) electrons. The van der Waals surface area contributed by atoms with Crippen molar-refractivity contribution in [3.8, 4) is 11.5 Å². The van der Waals surface area contributed by atoms with E-state index in [9.17, 15) is 0 Å². The Bertz CT molecular complexity index is 382. The minimum Gasteiger partial charge on any atom is -0.489 e. The highest BCUT2D eigenvalue weighted by atomic mass is 79.9. The normalized spacial score (nSPS) is 16.7. The molecular weight excluding hydrogens is 270 g/mol. The third-order valence-electron chi connectivity index (χ3n) is 2.76. The van der Waals surface area contributed by atoms with Crippen LogP contribution in [-0.2, 0) is 0 Å². The molecule has 4 heteroatoms. The van der Waals surface area contributed by atoms with Crippen LogP contribution in [0.15, 0.2) is 16.6 Å². The molecule has 2 rings (SSSR count). The molecule has 0 saturated heterocycles. The van der Waals surface area contributed by atoms with Crippen LogP contribution in [0.1, 0.15) is 24.8 Å². The zero-order chi connectivity index (χ0) is 11.5. The Morgan fingerprint density at radius 3 is 2.69 bits per heavy atom. The maximum Gasteiger partial charge on any atom is 0.175 e. The van der Waals surface area contributed by atoms with Crippen LogP contribution in [0.5, 0.6) is 11.5 Å². The fraction of sp³-hybridized carbons (Fsp3) is 0.500. The van der Waals surface area contributed by atoms with Crippen LogP contribution < -0.4 is 15.2 Å². The molecule has 1 aromatic carbocycles. The van der Waals surface area contributed by atoms with E-state index in [0.29, 0.717) is 19.8 Å². The van der Waals surface area contributed by atoms with Crippen molar-refractivity contribution in [1.29, 1.82) is 0 Å². The Balaban J connectivity index is 2.47. The van der Waals surface area contributed by atoms with Gasteiger partial charge in [0.05, 0.1) is 17.7 Å². The summed E-state index contributed by atoms with van der Waals surface area (Å²) in [6.45, 7) is 4.11. The molecule has 16 heavy (non-hydrogen) atoms. The largest absolute Gasteiger partial charge is 0.489 e. The molecule has 0 amide bonds. The van der Waals surface area contributed by atoms with Crippen LogP contribution in [0.4, 0.5) is 0 Å². The van der Waals surface area contributed by atoms with Gasteiger partial charge in [-0.25, -0.2) is 0 Å². The topological polar surface area (TPSA) is 44.5 Å². The SMILES string of the molecule is CC(CN)c1ccc(Br)c2c1OCCCO2. The molecule has 0 saturated carbocycles. The van der Waals surface area contributed by atoms with Gasteiger partial charge in [-0.05, 0) is 34.5 Å². The van der Waals surface area contributed by atoms with E-state index >= 15 is 0 Å². The molecule has 0 spiro atoms. The predicted molar refractivity (Wildman–Crippen MR) is 67.2 cm³/mol. The third-order valence-corrected chi connectivity index (χ3v) is 3.38. The minimum absolute atomic E-state index is 0.281. The second-order valence-corrected chi connectivity index (χ2v) is 4.84. The fourth-order valence-corrected chi connectivity index (χ4v) is 2.19. The highest BCUT2D eigenvalue weighted by molar-refractivity contribution is 9.10. The summed E-state index contributed by atoms with van der Waals surface area (Å²) in [7, 11) is 0. The summed E-state index contributed by atoms with van der Waals surface area (Å²) >= 11 is 3.49. The van der Waals surface area contributed by atoms with Crippen LogP contribution >= 0.6 is 15.9 Å². The number of ether oxygens (including phenoxy) is 2. The van der Waals surface area contributed by atoms with Gasteiger partial charge in [-0.15, -0.1) is 0 Å². The number of halogens is 1. The fourth-order valence-electron chi connectivity index (χ4n) is 1.76. The Morgan fingerprint density at radius 2 is 2.00 bits per heavy atom. The molecular formula is C12H16BrNO2. The van der Waals surface area contributed by atoms with Crippen LogP contribution in [0.3, 0.4) is 0 Å². The predicted octanol–water partition coefficient (Wildman–Crippen LogP) is 2.67. The molecule has 1 atom stereocenters. The minimum atomic E-state index is 0.281. The van der Waals surface area contributed by atoms with Gasteiger partial charge in [-0.1, -0.05) is 13.0 Å². The first-order chi connectivity index (χ1) is 7.74. The number of fused-ring (bicyclic) bond motifs is 1. The van der Waals surface area contributed by atoms with E-state index in [1.54, 1.807) is 0 Å². The molecule has 1 aliphatic heterocycles. The van der Waals surface area contributed by atoms with Gasteiger partial charge in [0.15, 0.2) is 11.5 Å². The molecule has 1 aliphatic rings. The van der Waals surface area contributed by atoms with Gasteiger partial charge in [0.25, 0.3) is 0 Å². The molecule has 0 fully saturated rings. The van der Waals surface area contributed by atoms with Crippen molar-refractivity contribution in [2.24, 2.45) is 5.73 Å². The summed E-state index contributed by atoms with van der Waals surface area (Å²) in [6.07, 6.45) is 0.914. The molecule has 2 N–H and O–H groups in total. The second kappa shape index (κ2) is 5.06. The summed E-state index contributed by atoms with van der Waals surface area (Å²) in [5.41, 5.74) is 6.83. The van der Waals surface area contributed by atoms with Crippen molar-refractivity contribution in [2.75, 3.05) is 19.8 Å². The summed E-state index contributed by atoms with van der Waals surface area (Å²) in [4.78, 5) is 0. The second-order valence-electron chi connectivity index (χ2n) is 3.98. The molecule has 0 aromatic heterocycles. The Morgan fingerprint density at radius 1 is 1.31 bits per heavy atom. The highest BCUT2D eigenvalue weighted by Gasteiger charge is 2.20. The van der Waals surface area contributed by atoms with E-state index in [4.69, 9.17) is 15.2 Å². The first-order valence-corrected chi connectivity index (χ1v) is 6.31. The maximum absolute atomic E-state index is 5.77. The molecule has 1 aromatic rings. The van der Waals surface area contributed by atoms with Gasteiger partial charge in [-0.3, -0.25) is 0 Å². The molecule has 1 unspecified atom stereocenters. The van der Waals surface area contributed by atoms with Gasteiger partial charge < -0.3 is 15.2 Å². The Hall–Kier alpha value is -0.740. The first kappa shape index (κ1) is 11.7. The quantitative estimate of drug-likeness (QED) is 0.909. The first-order valence-electron chi connectivity index (χ1n) is 5.52. The van der Waals surface area contributed by atoms with Gasteiger partial charge in [0.1, 0.15) is 0 Å². The molecule has 3 nitrogen and oxygen atoms in total. The van der Waals surface area contributed by atoms with E-state index in [1.165, 1.54) is 0 Å². The lowest BCUT2D eigenvalue weighted by atomic mass is 10.00. The van der Waals surface area contributed by atoms with Crippen LogP contribution in [-0.4, -0.2) is 19.8 Å². The lowest BCUT2D eigenvalue weighted by Gasteiger charge is -2.17. The van der Waals surface area contributed by atoms with Crippen LogP contribution in [0, 0.1) is 0 Å². The lowest BCUT2D eigenvalue weighted by molar-refractivity contribution is 0.295. The molecule has 88 valence electrons. The number of benzene rings is 1. The zero-order valence-electron chi connectivity index (χ0n) is 9.33. The van der Waals surface area contributed by atoms with Crippen molar-refractivity contribution in [3.63, 3.8) is 0 Å². The summed E-state index contributed by atoms with van der Waals surface area (Å²) in [5, 5.41) is 0. The standard InChI is InChI=1S/C12H16BrNO2/c1-8(7-14)9-3-4-10(13)12-11(9)15-5-2-6-16-12/h3-4,8H,2,5-7,14H2,1H3. The van der Waals surface area contributed by atoms with Crippen molar-refractivity contribution in [1.82, 2.24) is 0 Å². The Kier molecular flexibility index (Phi) is 3.71. The van der Waals surface area contributed by atoms with Crippen molar-refractivity contribution in [2.45, 2.75) is 19.3 Å². The summed E-state index contributed by atoms with van der Waals surface area (Å²) < 4.78 is 12.4.